The molecule has 0 aromatic heterocycles. The van der Waals surface area contributed by atoms with Crippen LogP contribution < -0.4 is 0 Å². The quantitative estimate of drug-likeness (QED) is 0.700. The topological polar surface area (TPSA) is 17.1 Å². The zero-order valence-corrected chi connectivity index (χ0v) is 9.98. The van der Waals surface area contributed by atoms with Crippen LogP contribution in [0.5, 0.6) is 0 Å². The first-order valence-corrected chi connectivity index (χ1v) is 6.95. The zero-order valence-electron chi connectivity index (χ0n) is 9.16. The van der Waals surface area contributed by atoms with Gasteiger partial charge in [0.05, 0.1) is 0 Å². The van der Waals surface area contributed by atoms with Crippen molar-refractivity contribution in [2.75, 3.05) is 11.5 Å². The monoisotopic (exact) mass is 212 g/mol. The summed E-state index contributed by atoms with van der Waals surface area (Å²) < 4.78 is 0. The van der Waals surface area contributed by atoms with E-state index in [1.54, 1.807) is 0 Å². The molecule has 2 rings (SSSR count). The van der Waals surface area contributed by atoms with Crippen molar-refractivity contribution in [3.05, 3.63) is 0 Å². The lowest BCUT2D eigenvalue weighted by Crippen LogP contribution is -2.36. The largest absolute Gasteiger partial charge is 0.299 e. The maximum absolute atomic E-state index is 12.0. The van der Waals surface area contributed by atoms with Crippen LogP contribution >= 0.6 is 11.8 Å². The van der Waals surface area contributed by atoms with E-state index in [9.17, 15) is 4.79 Å². The average molecular weight is 212 g/mol. The van der Waals surface area contributed by atoms with Crippen molar-refractivity contribution in [2.24, 2.45) is 23.7 Å². The maximum atomic E-state index is 12.0. The van der Waals surface area contributed by atoms with E-state index in [1.807, 2.05) is 11.8 Å². The van der Waals surface area contributed by atoms with E-state index in [0.717, 1.165) is 36.2 Å². The number of Topliss-reactive ketones (excluding diaryl/α,β-unsaturated/α-hetero) is 1. The average Bonchev–Trinajstić information content (AvgIpc) is 2.06. The third-order valence-electron chi connectivity index (χ3n) is 4.04. The predicted octanol–water partition coefficient (Wildman–Crippen LogP) is 2.99. The Balaban J connectivity index is 1.88. The Hall–Kier alpha value is 0.0200. The van der Waals surface area contributed by atoms with Crippen LogP contribution in [0.4, 0.5) is 0 Å². The second-order valence-corrected chi connectivity index (χ2v) is 6.18. The first kappa shape index (κ1) is 10.5. The van der Waals surface area contributed by atoms with Gasteiger partial charge >= 0.3 is 0 Å². The molecule has 0 amide bonds. The van der Waals surface area contributed by atoms with E-state index in [1.165, 1.54) is 6.42 Å². The Morgan fingerprint density at radius 3 is 2.29 bits per heavy atom. The molecule has 2 aliphatic rings. The van der Waals surface area contributed by atoms with Gasteiger partial charge in [-0.05, 0) is 31.1 Å². The summed E-state index contributed by atoms with van der Waals surface area (Å²) in [5, 5.41) is 0. The lowest BCUT2D eigenvalue weighted by molar-refractivity contribution is -0.127. The van der Waals surface area contributed by atoms with Crippen molar-refractivity contribution in [3.63, 3.8) is 0 Å². The first-order valence-electron chi connectivity index (χ1n) is 5.80. The SMILES string of the molecule is CC1CCC(C(=O)C2CSC2)CC1C. The molecule has 1 saturated carbocycles. The highest BCUT2D eigenvalue weighted by atomic mass is 32.2. The van der Waals surface area contributed by atoms with E-state index in [2.05, 4.69) is 13.8 Å². The van der Waals surface area contributed by atoms with Gasteiger partial charge in [0.2, 0.25) is 0 Å². The summed E-state index contributed by atoms with van der Waals surface area (Å²) in [6, 6.07) is 0. The summed E-state index contributed by atoms with van der Waals surface area (Å²) in [7, 11) is 0. The van der Waals surface area contributed by atoms with Gasteiger partial charge in [0.15, 0.2) is 0 Å². The predicted molar refractivity (Wildman–Crippen MR) is 61.5 cm³/mol. The molecular formula is C12H20OS. The highest BCUT2D eigenvalue weighted by Gasteiger charge is 2.35. The molecule has 3 unspecified atom stereocenters. The number of carbonyl (C=O) groups excluding carboxylic acids is 1. The van der Waals surface area contributed by atoms with Crippen molar-refractivity contribution in [1.29, 1.82) is 0 Å². The van der Waals surface area contributed by atoms with Gasteiger partial charge in [-0.15, -0.1) is 0 Å². The second kappa shape index (κ2) is 4.26. The summed E-state index contributed by atoms with van der Waals surface area (Å²) in [4.78, 5) is 12.0. The molecule has 1 aliphatic carbocycles. The summed E-state index contributed by atoms with van der Waals surface area (Å²) >= 11 is 1.92. The Kier molecular flexibility index (Phi) is 3.20. The van der Waals surface area contributed by atoms with Crippen LogP contribution in [-0.4, -0.2) is 17.3 Å². The van der Waals surface area contributed by atoms with Gasteiger partial charge in [-0.2, -0.15) is 11.8 Å². The molecule has 0 bridgehead atoms. The zero-order chi connectivity index (χ0) is 10.1. The van der Waals surface area contributed by atoms with Crippen LogP contribution in [0.2, 0.25) is 0 Å². The van der Waals surface area contributed by atoms with Gasteiger partial charge in [0.25, 0.3) is 0 Å². The molecule has 0 radical (unpaired) electrons. The molecule has 3 atom stereocenters. The molecule has 0 aromatic carbocycles. The molecule has 1 saturated heterocycles. The maximum Gasteiger partial charge on any atom is 0.140 e. The van der Waals surface area contributed by atoms with Crippen molar-refractivity contribution in [1.82, 2.24) is 0 Å². The number of rotatable bonds is 2. The molecule has 0 spiro atoms. The summed E-state index contributed by atoms with van der Waals surface area (Å²) in [6.45, 7) is 4.63. The minimum atomic E-state index is 0.409. The lowest BCUT2D eigenvalue weighted by Gasteiger charge is -2.35. The van der Waals surface area contributed by atoms with Gasteiger partial charge in [-0.25, -0.2) is 0 Å². The molecule has 2 fully saturated rings. The fourth-order valence-corrected chi connectivity index (χ4v) is 3.34. The Morgan fingerprint density at radius 2 is 1.79 bits per heavy atom. The molecule has 1 heterocycles. The third-order valence-corrected chi connectivity index (χ3v) is 5.32. The van der Waals surface area contributed by atoms with Crippen molar-refractivity contribution >= 4 is 17.5 Å². The molecule has 0 N–H and O–H groups in total. The van der Waals surface area contributed by atoms with Crippen molar-refractivity contribution in [2.45, 2.75) is 33.1 Å². The number of hydrogen-bond donors (Lipinski definition) is 0. The van der Waals surface area contributed by atoms with Crippen LogP contribution in [0.25, 0.3) is 0 Å². The van der Waals surface area contributed by atoms with Crippen molar-refractivity contribution < 1.29 is 4.79 Å². The standard InChI is InChI=1S/C12H20OS/c1-8-3-4-10(5-9(8)2)12(13)11-6-14-7-11/h8-11H,3-7H2,1-2H3. The number of thioether (sulfide) groups is 1. The fraction of sp³-hybridized carbons (Fsp3) is 0.917. The number of ketones is 1. The minimum Gasteiger partial charge on any atom is -0.299 e. The highest BCUT2D eigenvalue weighted by Crippen LogP contribution is 2.37. The van der Waals surface area contributed by atoms with Crippen molar-refractivity contribution in [3.8, 4) is 0 Å². The van der Waals surface area contributed by atoms with Gasteiger partial charge in [0, 0.05) is 23.3 Å². The van der Waals surface area contributed by atoms with E-state index in [4.69, 9.17) is 0 Å². The van der Waals surface area contributed by atoms with Gasteiger partial charge < -0.3 is 0 Å². The number of hydrogen-bond acceptors (Lipinski definition) is 2. The Morgan fingerprint density at radius 1 is 1.07 bits per heavy atom. The third kappa shape index (κ3) is 2.00. The van der Waals surface area contributed by atoms with E-state index < -0.39 is 0 Å². The molecular weight excluding hydrogens is 192 g/mol. The van der Waals surface area contributed by atoms with E-state index in [-0.39, 0.29) is 0 Å². The second-order valence-electron chi connectivity index (χ2n) is 5.10. The summed E-state index contributed by atoms with van der Waals surface area (Å²) in [6.07, 6.45) is 3.57. The highest BCUT2D eigenvalue weighted by molar-refractivity contribution is 8.00. The molecule has 2 heteroatoms. The first-order chi connectivity index (χ1) is 6.68. The summed E-state index contributed by atoms with van der Waals surface area (Å²) in [5.41, 5.74) is 0. The lowest BCUT2D eigenvalue weighted by atomic mass is 9.73. The smallest absolute Gasteiger partial charge is 0.140 e. The normalized spacial score (nSPS) is 39.1. The minimum absolute atomic E-state index is 0.409. The molecule has 0 aromatic rings. The summed E-state index contributed by atoms with van der Waals surface area (Å²) in [5.74, 6) is 5.19. The molecule has 1 aliphatic heterocycles. The van der Waals surface area contributed by atoms with E-state index >= 15 is 0 Å². The van der Waals surface area contributed by atoms with Gasteiger partial charge in [-0.3, -0.25) is 4.79 Å². The van der Waals surface area contributed by atoms with Crippen LogP contribution in [-0.2, 0) is 4.79 Å². The van der Waals surface area contributed by atoms with Crippen LogP contribution in [0.1, 0.15) is 33.1 Å². The van der Waals surface area contributed by atoms with Crippen LogP contribution in [0, 0.1) is 23.7 Å². The molecule has 1 nitrogen and oxygen atoms in total. The van der Waals surface area contributed by atoms with E-state index in [0.29, 0.717) is 17.6 Å². The van der Waals surface area contributed by atoms with Gasteiger partial charge in [-0.1, -0.05) is 13.8 Å². The Bertz CT molecular complexity index is 222. The fourth-order valence-electron chi connectivity index (χ4n) is 2.54. The number of carbonyl (C=O) groups is 1. The molecule has 80 valence electrons. The Labute approximate surface area is 91.0 Å². The van der Waals surface area contributed by atoms with Gasteiger partial charge in [0.1, 0.15) is 5.78 Å². The van der Waals surface area contributed by atoms with Crippen LogP contribution in [0.15, 0.2) is 0 Å². The molecule has 14 heavy (non-hydrogen) atoms. The van der Waals surface area contributed by atoms with Crippen LogP contribution in [0.3, 0.4) is 0 Å².